The lowest BCUT2D eigenvalue weighted by Crippen LogP contribution is -2.27. The molecule has 0 unspecified atom stereocenters. The van der Waals surface area contributed by atoms with Crippen LogP contribution in [0.15, 0.2) is 24.4 Å². The minimum Gasteiger partial charge on any atom is -0.372 e. The highest BCUT2D eigenvalue weighted by molar-refractivity contribution is 5.12. The second-order valence-corrected chi connectivity index (χ2v) is 3.04. The van der Waals surface area contributed by atoms with E-state index in [-0.39, 0.29) is 0 Å². The molecule has 1 rings (SSSR count). The van der Waals surface area contributed by atoms with Gasteiger partial charge in [-0.2, -0.15) is 0 Å². The number of rotatable bonds is 2. The summed E-state index contributed by atoms with van der Waals surface area (Å²) in [5.41, 5.74) is 1.17. The number of allylic oxidation sites excluding steroid dienone is 2. The van der Waals surface area contributed by atoms with Gasteiger partial charge in [0.2, 0.25) is 0 Å². The summed E-state index contributed by atoms with van der Waals surface area (Å²) in [4.78, 5) is 2.36. The van der Waals surface area contributed by atoms with E-state index < -0.39 is 0 Å². The van der Waals surface area contributed by atoms with Crippen LogP contribution in [0.4, 0.5) is 0 Å². The third-order valence-electron chi connectivity index (χ3n) is 2.12. The van der Waals surface area contributed by atoms with Crippen molar-refractivity contribution in [3.63, 3.8) is 0 Å². The zero-order valence-corrected chi connectivity index (χ0v) is 7.34. The van der Waals surface area contributed by atoms with Crippen LogP contribution in [0.2, 0.25) is 0 Å². The highest BCUT2D eigenvalue weighted by Crippen LogP contribution is 2.13. The monoisotopic (exact) mass is 151 g/mol. The molecule has 1 nitrogen and oxygen atoms in total. The first-order valence-electron chi connectivity index (χ1n) is 4.41. The van der Waals surface area contributed by atoms with E-state index in [9.17, 15) is 0 Å². The molecule has 1 fully saturated rings. The van der Waals surface area contributed by atoms with Gasteiger partial charge in [-0.1, -0.05) is 12.7 Å². The predicted octanol–water partition coefficient (Wildman–Crippen LogP) is 2.56. The average Bonchev–Trinajstić information content (AvgIpc) is 2.07. The van der Waals surface area contributed by atoms with Crippen LogP contribution >= 0.6 is 0 Å². The molecule has 1 aliphatic rings. The molecule has 1 aliphatic heterocycles. The van der Waals surface area contributed by atoms with Gasteiger partial charge in [-0.25, -0.2) is 0 Å². The van der Waals surface area contributed by atoms with Crippen molar-refractivity contribution in [3.05, 3.63) is 24.4 Å². The molecular weight excluding hydrogens is 134 g/mol. The molecule has 11 heavy (non-hydrogen) atoms. The average molecular weight is 151 g/mol. The van der Waals surface area contributed by atoms with Gasteiger partial charge >= 0.3 is 0 Å². The molecule has 0 spiro atoms. The first kappa shape index (κ1) is 8.38. The lowest BCUT2D eigenvalue weighted by Gasteiger charge is -2.28. The summed E-state index contributed by atoms with van der Waals surface area (Å²) in [5, 5.41) is 0. The maximum Gasteiger partial charge on any atom is 0.0289 e. The van der Waals surface area contributed by atoms with Gasteiger partial charge in [0.05, 0.1) is 0 Å². The van der Waals surface area contributed by atoms with Gasteiger partial charge in [-0.3, -0.25) is 0 Å². The Hall–Kier alpha value is -0.720. The van der Waals surface area contributed by atoms with Crippen molar-refractivity contribution in [1.82, 2.24) is 4.90 Å². The van der Waals surface area contributed by atoms with E-state index in [4.69, 9.17) is 0 Å². The topological polar surface area (TPSA) is 3.24 Å². The summed E-state index contributed by atoms with van der Waals surface area (Å²) in [5.74, 6) is 0. The highest BCUT2D eigenvalue weighted by Gasteiger charge is 2.08. The Morgan fingerprint density at radius 2 is 1.91 bits per heavy atom. The maximum absolute atomic E-state index is 4.01. The van der Waals surface area contributed by atoms with E-state index in [1.54, 1.807) is 0 Å². The standard InChI is InChI=1S/C10H17N/c1-3-7-10(2)11-8-5-4-6-9-11/h3,7H,2,4-6,8-9H2,1H3/b7-3+. The number of hydrogen-bond acceptors (Lipinski definition) is 1. The summed E-state index contributed by atoms with van der Waals surface area (Å²) in [7, 11) is 0. The first-order chi connectivity index (χ1) is 5.34. The molecule has 0 N–H and O–H groups in total. The molecule has 0 saturated carbocycles. The van der Waals surface area contributed by atoms with Crippen LogP contribution in [0, 0.1) is 0 Å². The molecule has 0 aromatic heterocycles. The van der Waals surface area contributed by atoms with Gasteiger partial charge in [-0.15, -0.1) is 0 Å². The fourth-order valence-corrected chi connectivity index (χ4v) is 1.48. The second-order valence-electron chi connectivity index (χ2n) is 3.04. The third-order valence-corrected chi connectivity index (χ3v) is 2.12. The van der Waals surface area contributed by atoms with Crippen LogP contribution in [0.1, 0.15) is 26.2 Å². The highest BCUT2D eigenvalue weighted by atomic mass is 15.1. The molecule has 1 heteroatoms. The molecule has 0 atom stereocenters. The fourth-order valence-electron chi connectivity index (χ4n) is 1.48. The lowest BCUT2D eigenvalue weighted by atomic mass is 10.1. The lowest BCUT2D eigenvalue weighted by molar-refractivity contribution is 0.294. The van der Waals surface area contributed by atoms with Crippen LogP contribution in [0.25, 0.3) is 0 Å². The number of hydrogen-bond donors (Lipinski definition) is 0. The first-order valence-corrected chi connectivity index (χ1v) is 4.41. The van der Waals surface area contributed by atoms with Gasteiger partial charge in [0.1, 0.15) is 0 Å². The summed E-state index contributed by atoms with van der Waals surface area (Å²) >= 11 is 0. The minimum absolute atomic E-state index is 1.17. The van der Waals surface area contributed by atoms with Crippen LogP contribution in [-0.2, 0) is 0 Å². The van der Waals surface area contributed by atoms with Crippen molar-refractivity contribution >= 4 is 0 Å². The Labute approximate surface area is 69.4 Å². The molecule has 1 saturated heterocycles. The molecule has 62 valence electrons. The van der Waals surface area contributed by atoms with Crippen molar-refractivity contribution < 1.29 is 0 Å². The zero-order chi connectivity index (χ0) is 8.10. The van der Waals surface area contributed by atoms with Crippen molar-refractivity contribution in [1.29, 1.82) is 0 Å². The molecule has 0 aromatic rings. The van der Waals surface area contributed by atoms with Crippen LogP contribution < -0.4 is 0 Å². The van der Waals surface area contributed by atoms with Crippen molar-refractivity contribution in [2.45, 2.75) is 26.2 Å². The van der Waals surface area contributed by atoms with Crippen LogP contribution in [-0.4, -0.2) is 18.0 Å². The van der Waals surface area contributed by atoms with Gasteiger partial charge in [0, 0.05) is 18.8 Å². The van der Waals surface area contributed by atoms with Crippen molar-refractivity contribution in [2.24, 2.45) is 0 Å². The SMILES string of the molecule is C=C(/C=C/C)N1CCCCC1. The molecule has 0 aliphatic carbocycles. The summed E-state index contributed by atoms with van der Waals surface area (Å²) in [6, 6.07) is 0. The second kappa shape index (κ2) is 4.22. The third kappa shape index (κ3) is 2.41. The Bertz CT molecular complexity index is 152. The van der Waals surface area contributed by atoms with E-state index >= 15 is 0 Å². The van der Waals surface area contributed by atoms with Crippen molar-refractivity contribution in [2.75, 3.05) is 13.1 Å². The number of likely N-dealkylation sites (tertiary alicyclic amines) is 1. The Balaban J connectivity index is 2.38. The summed E-state index contributed by atoms with van der Waals surface area (Å²) < 4.78 is 0. The molecule has 0 bridgehead atoms. The molecule has 1 heterocycles. The van der Waals surface area contributed by atoms with Crippen LogP contribution in [0.5, 0.6) is 0 Å². The van der Waals surface area contributed by atoms with E-state index in [0.717, 1.165) is 0 Å². The summed E-state index contributed by atoms with van der Waals surface area (Å²) in [6.45, 7) is 8.44. The smallest absolute Gasteiger partial charge is 0.0289 e. The summed E-state index contributed by atoms with van der Waals surface area (Å²) in [6.07, 6.45) is 8.19. The van der Waals surface area contributed by atoms with Gasteiger partial charge in [-0.05, 0) is 32.3 Å². The predicted molar refractivity (Wildman–Crippen MR) is 49.4 cm³/mol. The largest absolute Gasteiger partial charge is 0.372 e. The molecular formula is C10H17N. The maximum atomic E-state index is 4.01. The normalized spacial score (nSPS) is 19.2. The Morgan fingerprint density at radius 1 is 1.27 bits per heavy atom. The fraction of sp³-hybridized carbons (Fsp3) is 0.600. The van der Waals surface area contributed by atoms with Gasteiger partial charge < -0.3 is 4.90 Å². The number of piperidine rings is 1. The van der Waals surface area contributed by atoms with Crippen molar-refractivity contribution in [3.8, 4) is 0 Å². The van der Waals surface area contributed by atoms with Gasteiger partial charge in [0.15, 0.2) is 0 Å². The van der Waals surface area contributed by atoms with Gasteiger partial charge in [0.25, 0.3) is 0 Å². The Morgan fingerprint density at radius 3 is 2.45 bits per heavy atom. The Kier molecular flexibility index (Phi) is 3.21. The zero-order valence-electron chi connectivity index (χ0n) is 7.34. The molecule has 0 radical (unpaired) electrons. The minimum atomic E-state index is 1.17. The van der Waals surface area contributed by atoms with E-state index in [0.29, 0.717) is 0 Å². The van der Waals surface area contributed by atoms with Crippen LogP contribution in [0.3, 0.4) is 0 Å². The quantitative estimate of drug-likeness (QED) is 0.548. The molecule has 0 amide bonds. The number of nitrogens with zero attached hydrogens (tertiary/aromatic N) is 1. The van der Waals surface area contributed by atoms with E-state index in [1.807, 2.05) is 6.92 Å². The molecule has 0 aromatic carbocycles. The van der Waals surface area contributed by atoms with E-state index in [1.165, 1.54) is 38.0 Å². The van der Waals surface area contributed by atoms with E-state index in [2.05, 4.69) is 23.6 Å².